The second-order valence-corrected chi connectivity index (χ2v) is 5.01. The number of furan rings is 1. The van der Waals surface area contributed by atoms with Gasteiger partial charge in [-0.1, -0.05) is 12.1 Å². The molecule has 0 radical (unpaired) electrons. The van der Waals surface area contributed by atoms with Crippen LogP contribution in [0.3, 0.4) is 0 Å². The fourth-order valence-electron chi connectivity index (χ4n) is 1.67. The Morgan fingerprint density at radius 1 is 1.33 bits per heavy atom. The smallest absolute Gasteiger partial charge is 0.240 e. The van der Waals surface area contributed by atoms with Crippen LogP contribution < -0.4 is 0 Å². The maximum atomic E-state index is 5.44. The molecule has 0 saturated heterocycles. The molecule has 0 atom stereocenters. The number of hydrogen-bond acceptors (Lipinski definition) is 5. The Bertz CT molecular complexity index is 495. The number of nitrogens with zero attached hydrogens (tertiary/aromatic N) is 3. The van der Waals surface area contributed by atoms with Crippen LogP contribution in [0.1, 0.15) is 30.8 Å². The zero-order chi connectivity index (χ0) is 13.0. The van der Waals surface area contributed by atoms with Gasteiger partial charge >= 0.3 is 0 Å². The first-order valence-electron chi connectivity index (χ1n) is 5.91. The predicted molar refractivity (Wildman–Crippen MR) is 69.9 cm³/mol. The van der Waals surface area contributed by atoms with Gasteiger partial charge in [-0.05, 0) is 41.5 Å². The van der Waals surface area contributed by atoms with Crippen molar-refractivity contribution in [3.05, 3.63) is 34.3 Å². The van der Waals surface area contributed by atoms with E-state index in [9.17, 15) is 0 Å². The van der Waals surface area contributed by atoms with E-state index in [4.69, 9.17) is 8.94 Å². The Morgan fingerprint density at radius 3 is 2.83 bits per heavy atom. The summed E-state index contributed by atoms with van der Waals surface area (Å²) in [5, 5.41) is 3.93. The first-order chi connectivity index (χ1) is 8.67. The minimum absolute atomic E-state index is 0.620. The third kappa shape index (κ3) is 3.68. The van der Waals surface area contributed by atoms with E-state index in [1.165, 1.54) is 0 Å². The van der Waals surface area contributed by atoms with Crippen LogP contribution >= 0.6 is 15.9 Å². The largest absolute Gasteiger partial charge is 0.453 e. The van der Waals surface area contributed by atoms with Gasteiger partial charge in [-0.3, -0.25) is 4.90 Å². The van der Waals surface area contributed by atoms with Crippen LogP contribution in [-0.4, -0.2) is 22.1 Å². The number of rotatable bonds is 6. The molecule has 5 nitrogen and oxygen atoms in total. The average Bonchev–Trinajstić information content (AvgIpc) is 2.89. The highest BCUT2D eigenvalue weighted by molar-refractivity contribution is 9.10. The van der Waals surface area contributed by atoms with Crippen molar-refractivity contribution in [2.45, 2.75) is 32.9 Å². The number of aryl methyl sites for hydroxylation is 1. The Morgan fingerprint density at radius 2 is 2.17 bits per heavy atom. The standard InChI is InChI=1S/C12H16BrN3O2/c1-3-4-11-14-12(18-15-11)8-16(2)7-9-5-6-10(13)17-9/h5-6H,3-4,7-8H2,1-2H3. The third-order valence-corrected chi connectivity index (χ3v) is 2.87. The monoisotopic (exact) mass is 313 g/mol. The summed E-state index contributed by atoms with van der Waals surface area (Å²) in [6.45, 7) is 3.42. The molecule has 0 spiro atoms. The summed E-state index contributed by atoms with van der Waals surface area (Å²) in [4.78, 5) is 6.39. The quantitative estimate of drug-likeness (QED) is 0.820. The van der Waals surface area contributed by atoms with E-state index < -0.39 is 0 Å². The summed E-state index contributed by atoms with van der Waals surface area (Å²) in [6, 6.07) is 3.83. The third-order valence-electron chi connectivity index (χ3n) is 2.44. The number of aromatic nitrogens is 2. The molecule has 6 heteroatoms. The first-order valence-corrected chi connectivity index (χ1v) is 6.71. The van der Waals surface area contributed by atoms with Crippen molar-refractivity contribution < 1.29 is 8.94 Å². The lowest BCUT2D eigenvalue weighted by Crippen LogP contribution is -2.17. The summed E-state index contributed by atoms with van der Waals surface area (Å²) in [5.74, 6) is 2.32. The van der Waals surface area contributed by atoms with Crippen LogP contribution in [0.25, 0.3) is 0 Å². The minimum Gasteiger partial charge on any atom is -0.453 e. The molecule has 0 unspecified atom stereocenters. The van der Waals surface area contributed by atoms with Crippen molar-refractivity contribution in [2.75, 3.05) is 7.05 Å². The molecule has 0 fully saturated rings. The van der Waals surface area contributed by atoms with Gasteiger partial charge in [0.1, 0.15) is 5.76 Å². The molecule has 2 aromatic heterocycles. The molecule has 0 aromatic carbocycles. The molecule has 0 aliphatic carbocycles. The molecule has 18 heavy (non-hydrogen) atoms. The van der Waals surface area contributed by atoms with Crippen LogP contribution in [0.5, 0.6) is 0 Å². The average molecular weight is 314 g/mol. The second kappa shape index (κ2) is 6.15. The highest BCUT2D eigenvalue weighted by Gasteiger charge is 2.10. The molecule has 0 bridgehead atoms. The van der Waals surface area contributed by atoms with Crippen LogP contribution in [0.2, 0.25) is 0 Å². The molecule has 2 rings (SSSR count). The lowest BCUT2D eigenvalue weighted by molar-refractivity contribution is 0.242. The molecule has 2 heterocycles. The molecule has 0 saturated carbocycles. The predicted octanol–water partition coefficient (Wildman–Crippen LogP) is 3.01. The van der Waals surface area contributed by atoms with Gasteiger partial charge in [-0.15, -0.1) is 0 Å². The van der Waals surface area contributed by atoms with Crippen LogP contribution in [0.4, 0.5) is 0 Å². The second-order valence-electron chi connectivity index (χ2n) is 4.23. The van der Waals surface area contributed by atoms with E-state index in [-0.39, 0.29) is 0 Å². The van der Waals surface area contributed by atoms with Crippen molar-refractivity contribution in [1.29, 1.82) is 0 Å². The van der Waals surface area contributed by atoms with Gasteiger partial charge in [-0.2, -0.15) is 4.98 Å². The van der Waals surface area contributed by atoms with Gasteiger partial charge < -0.3 is 8.94 Å². The summed E-state index contributed by atoms with van der Waals surface area (Å²) in [6.07, 6.45) is 1.88. The van der Waals surface area contributed by atoms with Gasteiger partial charge in [0.05, 0.1) is 13.1 Å². The fraction of sp³-hybridized carbons (Fsp3) is 0.500. The highest BCUT2D eigenvalue weighted by atomic mass is 79.9. The zero-order valence-electron chi connectivity index (χ0n) is 10.5. The Labute approximate surface area is 114 Å². The zero-order valence-corrected chi connectivity index (χ0v) is 12.1. The summed E-state index contributed by atoms with van der Waals surface area (Å²) in [7, 11) is 1.99. The first kappa shape index (κ1) is 13.3. The fourth-order valence-corrected chi connectivity index (χ4v) is 2.01. The Kier molecular flexibility index (Phi) is 4.54. The lowest BCUT2D eigenvalue weighted by Gasteiger charge is -2.11. The normalized spacial score (nSPS) is 11.3. The Hall–Kier alpha value is -1.14. The van der Waals surface area contributed by atoms with E-state index >= 15 is 0 Å². The van der Waals surface area contributed by atoms with Crippen molar-refractivity contribution in [1.82, 2.24) is 15.0 Å². The molecule has 2 aromatic rings. The molecule has 0 aliphatic rings. The molecular formula is C12H16BrN3O2. The highest BCUT2D eigenvalue weighted by Crippen LogP contribution is 2.16. The van der Waals surface area contributed by atoms with Gasteiger partial charge in [0.15, 0.2) is 10.5 Å². The van der Waals surface area contributed by atoms with Crippen molar-refractivity contribution >= 4 is 15.9 Å². The SMILES string of the molecule is CCCc1noc(CN(C)Cc2ccc(Br)o2)n1. The van der Waals surface area contributed by atoms with Crippen LogP contribution in [-0.2, 0) is 19.5 Å². The van der Waals surface area contributed by atoms with Crippen molar-refractivity contribution in [3.8, 4) is 0 Å². The number of halogens is 1. The maximum Gasteiger partial charge on any atom is 0.240 e. The topological polar surface area (TPSA) is 55.3 Å². The van der Waals surface area contributed by atoms with Crippen molar-refractivity contribution in [2.24, 2.45) is 0 Å². The van der Waals surface area contributed by atoms with Crippen LogP contribution in [0.15, 0.2) is 25.7 Å². The number of hydrogen-bond donors (Lipinski definition) is 0. The van der Waals surface area contributed by atoms with Gasteiger partial charge in [0, 0.05) is 6.42 Å². The lowest BCUT2D eigenvalue weighted by atomic mass is 10.3. The van der Waals surface area contributed by atoms with Gasteiger partial charge in [-0.25, -0.2) is 0 Å². The molecular weight excluding hydrogens is 298 g/mol. The van der Waals surface area contributed by atoms with E-state index in [0.717, 1.165) is 29.1 Å². The molecule has 0 aliphatic heterocycles. The van der Waals surface area contributed by atoms with Crippen molar-refractivity contribution in [3.63, 3.8) is 0 Å². The summed E-state index contributed by atoms with van der Waals surface area (Å²) >= 11 is 3.28. The molecule has 0 N–H and O–H groups in total. The molecule has 98 valence electrons. The van der Waals surface area contributed by atoms with E-state index in [2.05, 4.69) is 37.9 Å². The Balaban J connectivity index is 1.88. The maximum absolute atomic E-state index is 5.44. The molecule has 0 amide bonds. The van der Waals surface area contributed by atoms with E-state index in [0.29, 0.717) is 19.0 Å². The summed E-state index contributed by atoms with van der Waals surface area (Å²) in [5.41, 5.74) is 0. The minimum atomic E-state index is 0.620. The summed E-state index contributed by atoms with van der Waals surface area (Å²) < 4.78 is 11.4. The van der Waals surface area contributed by atoms with Gasteiger partial charge in [0.25, 0.3) is 0 Å². The van der Waals surface area contributed by atoms with Gasteiger partial charge in [0.2, 0.25) is 5.89 Å². The van der Waals surface area contributed by atoms with E-state index in [1.54, 1.807) is 0 Å². The van der Waals surface area contributed by atoms with Crippen LogP contribution in [0, 0.1) is 0 Å². The van der Waals surface area contributed by atoms with E-state index in [1.807, 2.05) is 19.2 Å².